The van der Waals surface area contributed by atoms with Crippen LogP contribution in [0.4, 0.5) is 5.69 Å². The van der Waals surface area contributed by atoms with Gasteiger partial charge in [0.25, 0.3) is 0 Å². The van der Waals surface area contributed by atoms with Gasteiger partial charge in [-0.1, -0.05) is 18.2 Å². The number of H-pyrrole nitrogens is 1. The van der Waals surface area contributed by atoms with Crippen LogP contribution in [0.2, 0.25) is 0 Å². The summed E-state index contributed by atoms with van der Waals surface area (Å²) in [6.07, 6.45) is 5.56. The molecular weight excluding hydrogens is 352 g/mol. The van der Waals surface area contributed by atoms with Crippen molar-refractivity contribution in [3.63, 3.8) is 0 Å². The van der Waals surface area contributed by atoms with Gasteiger partial charge in [-0.3, -0.25) is 9.78 Å². The fourth-order valence-corrected chi connectivity index (χ4v) is 3.28. The average Bonchev–Trinajstić information content (AvgIpc) is 3.33. The van der Waals surface area contributed by atoms with Gasteiger partial charge in [0.15, 0.2) is 5.58 Å². The van der Waals surface area contributed by atoms with Crippen LogP contribution in [-0.2, 0) is 11.2 Å². The van der Waals surface area contributed by atoms with Crippen LogP contribution in [0, 0.1) is 0 Å². The molecule has 1 amide bonds. The Labute approximate surface area is 160 Å². The molecule has 5 aromatic rings. The molecule has 0 atom stereocenters. The molecule has 6 heteroatoms. The highest BCUT2D eigenvalue weighted by Crippen LogP contribution is 2.26. The molecule has 3 heterocycles. The fourth-order valence-electron chi connectivity index (χ4n) is 3.28. The number of hydrogen-bond donors (Lipinski definition) is 2. The van der Waals surface area contributed by atoms with E-state index in [9.17, 15) is 4.79 Å². The lowest BCUT2D eigenvalue weighted by atomic mass is 10.1. The first-order valence-electron chi connectivity index (χ1n) is 8.92. The highest BCUT2D eigenvalue weighted by Gasteiger charge is 2.12. The molecule has 0 fully saturated rings. The third-order valence-corrected chi connectivity index (χ3v) is 4.63. The Kier molecular flexibility index (Phi) is 3.87. The first-order valence-corrected chi connectivity index (χ1v) is 8.92. The quantitative estimate of drug-likeness (QED) is 0.487. The molecular formula is C22H16N4O2. The maximum Gasteiger partial charge on any atom is 0.228 e. The Morgan fingerprint density at radius 3 is 2.82 bits per heavy atom. The summed E-state index contributed by atoms with van der Waals surface area (Å²) in [5.41, 5.74) is 4.88. The van der Waals surface area contributed by atoms with Crippen LogP contribution in [0.25, 0.3) is 33.5 Å². The number of fused-ring (bicyclic) bond motifs is 2. The molecule has 136 valence electrons. The monoisotopic (exact) mass is 368 g/mol. The standard InChI is InChI=1S/C22H16N4O2/c27-21(11-15-13-24-18-4-2-1-3-17(15)18)25-16-5-6-19-20(12-16)28-22(26-19)14-7-9-23-10-8-14/h1-10,12-13,24H,11H2,(H,25,27). The Hall–Kier alpha value is -3.93. The highest BCUT2D eigenvalue weighted by molar-refractivity contribution is 5.97. The Balaban J connectivity index is 1.36. The fraction of sp³-hybridized carbons (Fsp3) is 0.0455. The molecule has 0 aliphatic heterocycles. The van der Waals surface area contributed by atoms with Crippen LogP contribution in [0.1, 0.15) is 5.56 Å². The molecule has 0 saturated heterocycles. The molecule has 2 aromatic carbocycles. The predicted molar refractivity (Wildman–Crippen MR) is 108 cm³/mol. The van der Waals surface area contributed by atoms with Crippen molar-refractivity contribution in [3.8, 4) is 11.5 Å². The number of nitrogens with zero attached hydrogens (tertiary/aromatic N) is 2. The van der Waals surface area contributed by atoms with Gasteiger partial charge >= 0.3 is 0 Å². The summed E-state index contributed by atoms with van der Waals surface area (Å²) in [6.45, 7) is 0. The van der Waals surface area contributed by atoms with Gasteiger partial charge in [0.2, 0.25) is 11.8 Å². The number of aromatic nitrogens is 3. The number of carbonyl (C=O) groups is 1. The molecule has 28 heavy (non-hydrogen) atoms. The van der Waals surface area contributed by atoms with E-state index >= 15 is 0 Å². The van der Waals surface area contributed by atoms with Crippen LogP contribution in [0.15, 0.2) is 77.6 Å². The van der Waals surface area contributed by atoms with Crippen molar-refractivity contribution in [1.29, 1.82) is 0 Å². The number of aromatic amines is 1. The van der Waals surface area contributed by atoms with Crippen molar-refractivity contribution in [2.45, 2.75) is 6.42 Å². The lowest BCUT2D eigenvalue weighted by Gasteiger charge is -2.04. The van der Waals surface area contributed by atoms with Crippen LogP contribution in [0.5, 0.6) is 0 Å². The summed E-state index contributed by atoms with van der Waals surface area (Å²) in [4.78, 5) is 24.2. The van der Waals surface area contributed by atoms with E-state index in [1.54, 1.807) is 18.5 Å². The summed E-state index contributed by atoms with van der Waals surface area (Å²) in [5, 5.41) is 4.00. The molecule has 0 aliphatic carbocycles. The molecule has 0 bridgehead atoms. The Bertz CT molecular complexity index is 1290. The van der Waals surface area contributed by atoms with Gasteiger partial charge in [0.1, 0.15) is 5.52 Å². The van der Waals surface area contributed by atoms with Crippen molar-refractivity contribution in [3.05, 3.63) is 78.8 Å². The van der Waals surface area contributed by atoms with Gasteiger partial charge in [0, 0.05) is 46.8 Å². The van der Waals surface area contributed by atoms with E-state index in [-0.39, 0.29) is 5.91 Å². The molecule has 0 saturated carbocycles. The second-order valence-corrected chi connectivity index (χ2v) is 6.52. The number of rotatable bonds is 4. The van der Waals surface area contributed by atoms with Crippen LogP contribution >= 0.6 is 0 Å². The molecule has 0 unspecified atom stereocenters. The van der Waals surface area contributed by atoms with Crippen molar-refractivity contribution in [1.82, 2.24) is 15.0 Å². The molecule has 3 aromatic heterocycles. The van der Waals surface area contributed by atoms with Crippen molar-refractivity contribution < 1.29 is 9.21 Å². The number of amides is 1. The van der Waals surface area contributed by atoms with Crippen molar-refractivity contribution in [2.75, 3.05) is 5.32 Å². The minimum absolute atomic E-state index is 0.0852. The highest BCUT2D eigenvalue weighted by atomic mass is 16.3. The second kappa shape index (κ2) is 6.66. The van der Waals surface area contributed by atoms with E-state index in [0.29, 0.717) is 23.6 Å². The molecule has 6 nitrogen and oxygen atoms in total. The van der Waals surface area contributed by atoms with E-state index in [2.05, 4.69) is 20.3 Å². The number of pyridine rings is 1. The maximum absolute atomic E-state index is 12.5. The molecule has 0 spiro atoms. The van der Waals surface area contributed by atoms with E-state index < -0.39 is 0 Å². The largest absolute Gasteiger partial charge is 0.436 e. The first-order chi connectivity index (χ1) is 13.8. The normalized spacial score (nSPS) is 11.1. The number of hydrogen-bond acceptors (Lipinski definition) is 4. The minimum Gasteiger partial charge on any atom is -0.436 e. The number of para-hydroxylation sites is 1. The van der Waals surface area contributed by atoms with E-state index in [1.807, 2.05) is 54.7 Å². The molecule has 5 rings (SSSR count). The zero-order valence-corrected chi connectivity index (χ0v) is 14.8. The number of anilines is 1. The summed E-state index contributed by atoms with van der Waals surface area (Å²) >= 11 is 0. The predicted octanol–water partition coefficient (Wildman–Crippen LogP) is 4.55. The first kappa shape index (κ1) is 16.3. The van der Waals surface area contributed by atoms with Crippen molar-refractivity contribution >= 4 is 33.6 Å². The van der Waals surface area contributed by atoms with E-state index in [0.717, 1.165) is 27.5 Å². The second-order valence-electron chi connectivity index (χ2n) is 6.52. The van der Waals surface area contributed by atoms with Crippen molar-refractivity contribution in [2.24, 2.45) is 0 Å². The summed E-state index contributed by atoms with van der Waals surface area (Å²) in [5.74, 6) is 0.442. The molecule has 2 N–H and O–H groups in total. The van der Waals surface area contributed by atoms with Gasteiger partial charge in [-0.05, 0) is 35.9 Å². The average molecular weight is 368 g/mol. The summed E-state index contributed by atoms with van der Waals surface area (Å²) < 4.78 is 5.84. The third kappa shape index (κ3) is 3.01. The SMILES string of the molecule is O=C(Cc1c[nH]c2ccccc12)Nc1ccc2nc(-c3ccncc3)oc2c1. The third-order valence-electron chi connectivity index (χ3n) is 4.63. The zero-order valence-electron chi connectivity index (χ0n) is 14.8. The topological polar surface area (TPSA) is 83.8 Å². The maximum atomic E-state index is 12.5. The molecule has 0 radical (unpaired) electrons. The smallest absolute Gasteiger partial charge is 0.228 e. The number of oxazole rings is 1. The number of carbonyl (C=O) groups excluding carboxylic acids is 1. The van der Waals surface area contributed by atoms with Gasteiger partial charge < -0.3 is 14.7 Å². The number of benzene rings is 2. The van der Waals surface area contributed by atoms with Gasteiger partial charge in [-0.15, -0.1) is 0 Å². The summed E-state index contributed by atoms with van der Waals surface area (Å²) in [7, 11) is 0. The van der Waals surface area contributed by atoms with E-state index in [4.69, 9.17) is 4.42 Å². The van der Waals surface area contributed by atoms with Gasteiger partial charge in [0.05, 0.1) is 6.42 Å². The Morgan fingerprint density at radius 2 is 1.93 bits per heavy atom. The van der Waals surface area contributed by atoms with E-state index in [1.165, 1.54) is 0 Å². The van der Waals surface area contributed by atoms with Gasteiger partial charge in [-0.2, -0.15) is 0 Å². The lowest BCUT2D eigenvalue weighted by Crippen LogP contribution is -2.14. The minimum atomic E-state index is -0.0852. The summed E-state index contributed by atoms with van der Waals surface area (Å²) in [6, 6.07) is 17.1. The van der Waals surface area contributed by atoms with Gasteiger partial charge in [-0.25, -0.2) is 4.98 Å². The van der Waals surface area contributed by atoms with Crippen LogP contribution < -0.4 is 5.32 Å². The van der Waals surface area contributed by atoms with Crippen LogP contribution in [-0.4, -0.2) is 20.9 Å². The molecule has 0 aliphatic rings. The lowest BCUT2D eigenvalue weighted by molar-refractivity contribution is -0.115. The van der Waals surface area contributed by atoms with Crippen LogP contribution in [0.3, 0.4) is 0 Å². The zero-order chi connectivity index (χ0) is 18.9. The number of nitrogens with one attached hydrogen (secondary N) is 2. The Morgan fingerprint density at radius 1 is 1.07 bits per heavy atom.